The molecule has 0 atom stereocenters. The molecule has 9 heteroatoms. The van der Waals surface area contributed by atoms with Crippen LogP contribution in [0.25, 0.3) is 6.08 Å². The van der Waals surface area contributed by atoms with Crippen LogP contribution in [0.5, 0.6) is 11.5 Å². The minimum atomic E-state index is -0.559. The first kappa shape index (κ1) is 20.1. The number of imide groups is 1. The predicted molar refractivity (Wildman–Crippen MR) is 98.5 cm³/mol. The molecule has 0 aromatic heterocycles. The van der Waals surface area contributed by atoms with Crippen LogP contribution in [-0.2, 0) is 14.3 Å². The molecule has 1 fully saturated rings. The zero-order valence-corrected chi connectivity index (χ0v) is 16.1. The SMILES string of the molecule is CCCN1C(=O)S/C(=C/c2cc(Cl)c(OCC(=O)OC)c(OC)c2)C1=O. The van der Waals surface area contributed by atoms with Gasteiger partial charge in [-0.25, -0.2) is 4.79 Å². The van der Waals surface area contributed by atoms with Gasteiger partial charge in [0.25, 0.3) is 11.1 Å². The van der Waals surface area contributed by atoms with Crippen molar-refractivity contribution < 1.29 is 28.6 Å². The van der Waals surface area contributed by atoms with Gasteiger partial charge in [0.15, 0.2) is 18.1 Å². The lowest BCUT2D eigenvalue weighted by Crippen LogP contribution is -2.28. The van der Waals surface area contributed by atoms with Gasteiger partial charge in [-0.05, 0) is 42.0 Å². The summed E-state index contributed by atoms with van der Waals surface area (Å²) in [6.07, 6.45) is 2.26. The van der Waals surface area contributed by atoms with Crippen LogP contribution < -0.4 is 9.47 Å². The van der Waals surface area contributed by atoms with Crippen molar-refractivity contribution in [1.29, 1.82) is 0 Å². The summed E-state index contributed by atoms with van der Waals surface area (Å²) in [6.45, 7) is 1.96. The number of ether oxygens (including phenoxy) is 3. The molecule has 1 aliphatic rings. The smallest absolute Gasteiger partial charge is 0.343 e. The van der Waals surface area contributed by atoms with Crippen LogP contribution in [-0.4, -0.2) is 49.4 Å². The van der Waals surface area contributed by atoms with Gasteiger partial charge in [0.2, 0.25) is 0 Å². The third kappa shape index (κ3) is 4.50. The van der Waals surface area contributed by atoms with E-state index in [2.05, 4.69) is 4.74 Å². The number of nitrogens with zero attached hydrogens (tertiary/aromatic N) is 1. The number of carbonyl (C=O) groups excluding carboxylic acids is 3. The van der Waals surface area contributed by atoms with Crippen LogP contribution in [0.1, 0.15) is 18.9 Å². The first-order valence-corrected chi connectivity index (χ1v) is 8.93. The van der Waals surface area contributed by atoms with Crippen molar-refractivity contribution in [3.05, 3.63) is 27.6 Å². The Balaban J connectivity index is 2.28. The van der Waals surface area contributed by atoms with E-state index in [9.17, 15) is 14.4 Å². The lowest BCUT2D eigenvalue weighted by Gasteiger charge is -2.13. The number of rotatable bonds is 7. The molecule has 2 rings (SSSR count). The van der Waals surface area contributed by atoms with E-state index in [4.69, 9.17) is 21.1 Å². The number of benzene rings is 1. The van der Waals surface area contributed by atoms with Crippen LogP contribution in [0.2, 0.25) is 5.02 Å². The topological polar surface area (TPSA) is 82.1 Å². The van der Waals surface area contributed by atoms with Crippen LogP contribution in [0.3, 0.4) is 0 Å². The van der Waals surface area contributed by atoms with Gasteiger partial charge in [-0.1, -0.05) is 18.5 Å². The Labute approximate surface area is 160 Å². The fourth-order valence-electron chi connectivity index (χ4n) is 2.22. The molecule has 2 amide bonds. The average molecular weight is 400 g/mol. The highest BCUT2D eigenvalue weighted by atomic mass is 35.5. The van der Waals surface area contributed by atoms with Gasteiger partial charge in [0.1, 0.15) is 0 Å². The van der Waals surface area contributed by atoms with Gasteiger partial charge in [-0.15, -0.1) is 0 Å². The fourth-order valence-corrected chi connectivity index (χ4v) is 3.36. The second kappa shape index (κ2) is 8.95. The van der Waals surface area contributed by atoms with Gasteiger partial charge >= 0.3 is 5.97 Å². The normalized spacial score (nSPS) is 15.5. The summed E-state index contributed by atoms with van der Waals surface area (Å²) < 4.78 is 15.1. The quantitative estimate of drug-likeness (QED) is 0.513. The van der Waals surface area contributed by atoms with E-state index in [1.54, 1.807) is 18.2 Å². The molecule has 0 spiro atoms. The average Bonchev–Trinajstić information content (AvgIpc) is 2.87. The van der Waals surface area contributed by atoms with E-state index in [1.807, 2.05) is 6.92 Å². The van der Waals surface area contributed by atoms with Crippen LogP contribution in [0, 0.1) is 0 Å². The third-order valence-corrected chi connectivity index (χ3v) is 4.62. The summed E-state index contributed by atoms with van der Waals surface area (Å²) in [5.41, 5.74) is 0.569. The molecule has 1 aliphatic heterocycles. The fraction of sp³-hybridized carbons (Fsp3) is 0.353. The van der Waals surface area contributed by atoms with Crippen molar-refractivity contribution in [2.24, 2.45) is 0 Å². The van der Waals surface area contributed by atoms with E-state index >= 15 is 0 Å². The summed E-state index contributed by atoms with van der Waals surface area (Å²) in [5.74, 6) is -0.406. The second-order valence-electron chi connectivity index (χ2n) is 5.23. The number of carbonyl (C=O) groups is 3. The Morgan fingerprint density at radius 2 is 2.04 bits per heavy atom. The van der Waals surface area contributed by atoms with Crippen LogP contribution >= 0.6 is 23.4 Å². The molecule has 1 heterocycles. The van der Waals surface area contributed by atoms with Crippen molar-refractivity contribution in [3.63, 3.8) is 0 Å². The van der Waals surface area contributed by atoms with Crippen molar-refractivity contribution in [2.45, 2.75) is 13.3 Å². The number of hydrogen-bond acceptors (Lipinski definition) is 7. The number of halogens is 1. The van der Waals surface area contributed by atoms with E-state index in [1.165, 1.54) is 19.1 Å². The first-order chi connectivity index (χ1) is 12.4. The Morgan fingerprint density at radius 1 is 1.31 bits per heavy atom. The molecule has 0 saturated carbocycles. The molecule has 1 aromatic rings. The number of hydrogen-bond donors (Lipinski definition) is 0. The molecule has 0 N–H and O–H groups in total. The van der Waals surface area contributed by atoms with E-state index in [-0.39, 0.29) is 28.5 Å². The summed E-state index contributed by atoms with van der Waals surface area (Å²) in [5, 5.41) is -0.0912. The minimum Gasteiger partial charge on any atom is -0.493 e. The largest absolute Gasteiger partial charge is 0.493 e. The standard InChI is InChI=1S/C17H18ClNO6S/c1-4-5-19-16(21)13(26-17(19)22)8-10-6-11(18)15(12(7-10)23-2)25-9-14(20)24-3/h6-8H,4-5,9H2,1-3H3/b13-8+. The molecule has 0 unspecified atom stereocenters. The lowest BCUT2D eigenvalue weighted by molar-refractivity contribution is -0.142. The number of thioether (sulfide) groups is 1. The highest BCUT2D eigenvalue weighted by Crippen LogP contribution is 2.39. The highest BCUT2D eigenvalue weighted by molar-refractivity contribution is 8.18. The molecular formula is C17H18ClNO6S. The number of amides is 2. The third-order valence-electron chi connectivity index (χ3n) is 3.43. The Morgan fingerprint density at radius 3 is 2.65 bits per heavy atom. The Kier molecular flexibility index (Phi) is 6.93. The van der Waals surface area contributed by atoms with E-state index in [0.29, 0.717) is 29.2 Å². The summed E-state index contributed by atoms with van der Waals surface area (Å²) in [7, 11) is 2.68. The second-order valence-corrected chi connectivity index (χ2v) is 6.63. The maximum Gasteiger partial charge on any atom is 0.343 e. The van der Waals surface area contributed by atoms with Gasteiger partial charge in [0, 0.05) is 6.54 Å². The van der Waals surface area contributed by atoms with E-state index in [0.717, 1.165) is 11.8 Å². The van der Waals surface area contributed by atoms with E-state index < -0.39 is 5.97 Å². The Hall–Kier alpha value is -2.19. The lowest BCUT2D eigenvalue weighted by atomic mass is 10.1. The zero-order valence-electron chi connectivity index (χ0n) is 14.5. The molecule has 26 heavy (non-hydrogen) atoms. The molecule has 0 bridgehead atoms. The molecule has 7 nitrogen and oxygen atoms in total. The summed E-state index contributed by atoms with van der Waals surface area (Å²) in [4.78, 5) is 37.0. The van der Waals surface area contributed by atoms with Gasteiger partial charge in [-0.2, -0.15) is 0 Å². The van der Waals surface area contributed by atoms with Gasteiger partial charge in [-0.3, -0.25) is 14.5 Å². The maximum atomic E-state index is 12.3. The van der Waals surface area contributed by atoms with Crippen LogP contribution in [0.4, 0.5) is 4.79 Å². The summed E-state index contributed by atoms with van der Waals surface area (Å²) in [6, 6.07) is 3.16. The van der Waals surface area contributed by atoms with Crippen molar-refractivity contribution in [3.8, 4) is 11.5 Å². The monoisotopic (exact) mass is 399 g/mol. The van der Waals surface area contributed by atoms with Crippen molar-refractivity contribution in [1.82, 2.24) is 4.90 Å². The highest BCUT2D eigenvalue weighted by Gasteiger charge is 2.34. The van der Waals surface area contributed by atoms with Crippen molar-refractivity contribution in [2.75, 3.05) is 27.4 Å². The van der Waals surface area contributed by atoms with Crippen molar-refractivity contribution >= 4 is 46.6 Å². The number of esters is 1. The summed E-state index contributed by atoms with van der Waals surface area (Å²) >= 11 is 7.09. The van der Waals surface area contributed by atoms with Crippen LogP contribution in [0.15, 0.2) is 17.0 Å². The molecule has 1 aromatic carbocycles. The minimum absolute atomic E-state index is 0.191. The van der Waals surface area contributed by atoms with Gasteiger partial charge in [0.05, 0.1) is 24.1 Å². The maximum absolute atomic E-state index is 12.3. The Bertz CT molecular complexity index is 764. The van der Waals surface area contributed by atoms with Gasteiger partial charge < -0.3 is 14.2 Å². The molecule has 140 valence electrons. The molecule has 1 saturated heterocycles. The molecule has 0 aliphatic carbocycles. The zero-order chi connectivity index (χ0) is 19.3. The number of methoxy groups -OCH3 is 2. The molecule has 0 radical (unpaired) electrons. The predicted octanol–water partition coefficient (Wildman–Crippen LogP) is 3.35. The first-order valence-electron chi connectivity index (χ1n) is 7.73. The molecular weight excluding hydrogens is 382 g/mol.